The summed E-state index contributed by atoms with van der Waals surface area (Å²) < 4.78 is 27.7. The smallest absolute Gasteiger partial charge is 0.260 e. The summed E-state index contributed by atoms with van der Waals surface area (Å²) >= 11 is 0. The largest absolute Gasteiger partial charge is 0.350 e. The number of hydrogen-bond donors (Lipinski definition) is 1. The van der Waals surface area contributed by atoms with E-state index in [-0.39, 0.29) is 6.04 Å². The van der Waals surface area contributed by atoms with Gasteiger partial charge in [0.25, 0.3) is 5.91 Å². The molecule has 0 aromatic carbocycles. The summed E-state index contributed by atoms with van der Waals surface area (Å²) in [4.78, 5) is 11.8. The zero-order chi connectivity index (χ0) is 13.3. The Balaban J connectivity index is 2.65. The Hall–Kier alpha value is -0.670. The highest BCUT2D eigenvalue weighted by molar-refractivity contribution is 5.86. The molecule has 0 spiro atoms. The molecule has 0 radical (unpaired) electrons. The lowest BCUT2D eigenvalue weighted by molar-refractivity contribution is -0.142. The van der Waals surface area contributed by atoms with Crippen LogP contribution in [-0.4, -0.2) is 23.3 Å². The quantitative estimate of drug-likeness (QED) is 0.815. The molecule has 17 heavy (non-hydrogen) atoms. The molecule has 0 aromatic rings. The first-order valence-corrected chi connectivity index (χ1v) is 6.35. The fraction of sp³-hybridized carbons (Fsp3) is 0.923. The van der Waals surface area contributed by atoms with Crippen molar-refractivity contribution in [2.45, 2.75) is 70.8 Å². The summed E-state index contributed by atoms with van der Waals surface area (Å²) in [7, 11) is 0. The van der Waals surface area contributed by atoms with Crippen LogP contribution in [0.3, 0.4) is 0 Å². The third-order valence-corrected chi connectivity index (χ3v) is 3.97. The van der Waals surface area contributed by atoms with E-state index in [2.05, 4.69) is 5.32 Å². The van der Waals surface area contributed by atoms with Gasteiger partial charge in [-0.2, -0.15) is 0 Å². The van der Waals surface area contributed by atoms with Crippen LogP contribution in [0, 0.1) is 5.92 Å². The van der Waals surface area contributed by atoms with E-state index in [0.717, 1.165) is 46.5 Å². The molecular formula is C13H23F2NO. The molecule has 2 nitrogen and oxygen atoms in total. The van der Waals surface area contributed by atoms with Crippen molar-refractivity contribution in [2.24, 2.45) is 5.92 Å². The molecule has 1 aliphatic carbocycles. The second-order valence-corrected chi connectivity index (χ2v) is 5.82. The summed E-state index contributed by atoms with van der Waals surface area (Å²) in [6.45, 7) is 5.24. The van der Waals surface area contributed by atoms with Gasteiger partial charge in [-0.05, 0) is 39.5 Å². The Labute approximate surface area is 102 Å². The number of halogens is 2. The SMILES string of the molecule is CC1CCCCC1NC(=O)C(C)(F)C(C)(C)F. The predicted molar refractivity (Wildman–Crippen MR) is 64.3 cm³/mol. The van der Waals surface area contributed by atoms with Gasteiger partial charge < -0.3 is 5.32 Å². The van der Waals surface area contributed by atoms with Gasteiger partial charge in [0.05, 0.1) is 0 Å². The van der Waals surface area contributed by atoms with Gasteiger partial charge in [-0.25, -0.2) is 8.78 Å². The lowest BCUT2D eigenvalue weighted by Gasteiger charge is -2.34. The Morgan fingerprint density at radius 3 is 2.18 bits per heavy atom. The van der Waals surface area contributed by atoms with E-state index in [4.69, 9.17) is 0 Å². The molecule has 1 saturated carbocycles. The molecule has 0 aliphatic heterocycles. The molecular weight excluding hydrogens is 224 g/mol. The average molecular weight is 247 g/mol. The minimum atomic E-state index is -2.48. The van der Waals surface area contributed by atoms with Crippen LogP contribution >= 0.6 is 0 Å². The topological polar surface area (TPSA) is 29.1 Å². The van der Waals surface area contributed by atoms with Gasteiger partial charge in [0.1, 0.15) is 5.67 Å². The van der Waals surface area contributed by atoms with E-state index < -0.39 is 17.2 Å². The van der Waals surface area contributed by atoms with E-state index in [1.54, 1.807) is 0 Å². The normalized spacial score (nSPS) is 29.5. The number of amides is 1. The zero-order valence-corrected chi connectivity index (χ0v) is 11.1. The Bertz CT molecular complexity index is 284. The molecule has 3 atom stereocenters. The van der Waals surface area contributed by atoms with E-state index >= 15 is 0 Å². The van der Waals surface area contributed by atoms with Gasteiger partial charge in [-0.3, -0.25) is 4.79 Å². The van der Waals surface area contributed by atoms with Crippen LogP contribution in [0.15, 0.2) is 0 Å². The summed E-state index contributed by atoms with van der Waals surface area (Å²) in [6, 6.07) is -0.0197. The van der Waals surface area contributed by atoms with Crippen LogP contribution in [0.25, 0.3) is 0 Å². The first kappa shape index (κ1) is 14.4. The van der Waals surface area contributed by atoms with Crippen molar-refractivity contribution in [3.05, 3.63) is 0 Å². The first-order valence-electron chi connectivity index (χ1n) is 6.35. The number of nitrogens with one attached hydrogen (secondary N) is 1. The Morgan fingerprint density at radius 2 is 1.71 bits per heavy atom. The molecule has 0 bridgehead atoms. The van der Waals surface area contributed by atoms with Crippen LogP contribution in [0.2, 0.25) is 0 Å². The van der Waals surface area contributed by atoms with Crippen LogP contribution in [-0.2, 0) is 4.79 Å². The van der Waals surface area contributed by atoms with Crippen molar-refractivity contribution in [3.8, 4) is 0 Å². The highest BCUT2D eigenvalue weighted by Crippen LogP contribution is 2.31. The predicted octanol–water partition coefficient (Wildman–Crippen LogP) is 3.16. The molecule has 1 fully saturated rings. The maximum absolute atomic E-state index is 14.1. The maximum Gasteiger partial charge on any atom is 0.260 e. The average Bonchev–Trinajstić information content (AvgIpc) is 2.19. The summed E-state index contributed by atoms with van der Waals surface area (Å²) in [5.74, 6) is -0.491. The number of carbonyl (C=O) groups is 1. The molecule has 0 heterocycles. The van der Waals surface area contributed by atoms with Gasteiger partial charge in [0.2, 0.25) is 5.67 Å². The van der Waals surface area contributed by atoms with Crippen molar-refractivity contribution in [2.75, 3.05) is 0 Å². The Morgan fingerprint density at radius 1 is 1.18 bits per heavy atom. The summed E-state index contributed by atoms with van der Waals surface area (Å²) in [5.41, 5.74) is -4.65. The standard InChI is InChI=1S/C13H23F2NO/c1-9-7-5-6-8-10(9)16-11(17)13(4,15)12(2,3)14/h9-10H,5-8H2,1-4H3,(H,16,17). The molecule has 1 amide bonds. The van der Waals surface area contributed by atoms with Crippen molar-refractivity contribution >= 4 is 5.91 Å². The minimum Gasteiger partial charge on any atom is -0.350 e. The molecule has 0 saturated heterocycles. The van der Waals surface area contributed by atoms with E-state index in [0.29, 0.717) is 5.92 Å². The first-order chi connectivity index (χ1) is 7.66. The molecule has 0 aromatic heterocycles. The van der Waals surface area contributed by atoms with Crippen LogP contribution in [0.1, 0.15) is 53.4 Å². The number of alkyl halides is 2. The lowest BCUT2D eigenvalue weighted by atomic mass is 9.84. The fourth-order valence-electron chi connectivity index (χ4n) is 2.10. The third kappa shape index (κ3) is 3.17. The molecule has 4 heteroatoms. The number of hydrogen-bond acceptors (Lipinski definition) is 1. The van der Waals surface area contributed by atoms with Crippen molar-refractivity contribution in [1.82, 2.24) is 5.32 Å². The van der Waals surface area contributed by atoms with Crippen molar-refractivity contribution in [1.29, 1.82) is 0 Å². The molecule has 1 rings (SSSR count). The molecule has 1 aliphatic rings. The monoisotopic (exact) mass is 247 g/mol. The lowest BCUT2D eigenvalue weighted by Crippen LogP contribution is -2.56. The van der Waals surface area contributed by atoms with E-state index in [1.165, 1.54) is 0 Å². The van der Waals surface area contributed by atoms with Crippen molar-refractivity contribution < 1.29 is 13.6 Å². The highest BCUT2D eigenvalue weighted by Gasteiger charge is 2.49. The van der Waals surface area contributed by atoms with Gasteiger partial charge in [-0.15, -0.1) is 0 Å². The van der Waals surface area contributed by atoms with Crippen molar-refractivity contribution in [3.63, 3.8) is 0 Å². The second kappa shape index (κ2) is 4.91. The third-order valence-electron chi connectivity index (χ3n) is 3.97. The van der Waals surface area contributed by atoms with Crippen LogP contribution < -0.4 is 5.32 Å². The molecule has 3 unspecified atom stereocenters. The fourth-order valence-corrected chi connectivity index (χ4v) is 2.10. The number of carbonyl (C=O) groups excluding carboxylic acids is 1. The van der Waals surface area contributed by atoms with Gasteiger partial charge in [0.15, 0.2) is 0 Å². The second-order valence-electron chi connectivity index (χ2n) is 5.82. The summed E-state index contributed by atoms with van der Waals surface area (Å²) in [5, 5.41) is 2.66. The maximum atomic E-state index is 14.1. The van der Waals surface area contributed by atoms with Crippen LogP contribution in [0.4, 0.5) is 8.78 Å². The summed E-state index contributed by atoms with van der Waals surface area (Å²) in [6.07, 6.45) is 4.08. The van der Waals surface area contributed by atoms with E-state index in [1.807, 2.05) is 6.92 Å². The molecule has 1 N–H and O–H groups in total. The number of rotatable bonds is 3. The minimum absolute atomic E-state index is 0.0197. The van der Waals surface area contributed by atoms with E-state index in [9.17, 15) is 13.6 Å². The van der Waals surface area contributed by atoms with Gasteiger partial charge >= 0.3 is 0 Å². The highest BCUT2D eigenvalue weighted by atomic mass is 19.2. The van der Waals surface area contributed by atoms with Gasteiger partial charge in [-0.1, -0.05) is 19.8 Å². The van der Waals surface area contributed by atoms with Gasteiger partial charge in [0, 0.05) is 6.04 Å². The molecule has 100 valence electrons. The zero-order valence-electron chi connectivity index (χ0n) is 11.1. The van der Waals surface area contributed by atoms with Crippen LogP contribution in [0.5, 0.6) is 0 Å². The Kier molecular flexibility index (Phi) is 4.15.